The largest absolute Gasteiger partial charge is 0.326 e. The van der Waals surface area contributed by atoms with Gasteiger partial charge >= 0.3 is 0 Å². The van der Waals surface area contributed by atoms with Crippen molar-refractivity contribution < 1.29 is 13.2 Å². The smallest absolute Gasteiger partial charge is 0.264 e. The second kappa shape index (κ2) is 7.05. The second-order valence-corrected chi connectivity index (χ2v) is 7.67. The molecule has 24 heavy (non-hydrogen) atoms. The molecule has 0 spiro atoms. The minimum absolute atomic E-state index is 0.186. The van der Waals surface area contributed by atoms with Gasteiger partial charge in [-0.3, -0.25) is 9.10 Å². The SMILES string of the molecule is CC(=O)Nc1ccc(C)c(S(=O)(=O)N(c2ccccc2)C(C)C)c1. The number of carbonyl (C=O) groups is 1. The van der Waals surface area contributed by atoms with E-state index in [0.29, 0.717) is 16.9 Å². The van der Waals surface area contributed by atoms with Gasteiger partial charge < -0.3 is 5.32 Å². The fourth-order valence-corrected chi connectivity index (χ4v) is 4.47. The Kier molecular flexibility index (Phi) is 5.29. The summed E-state index contributed by atoms with van der Waals surface area (Å²) in [5.74, 6) is -0.244. The molecule has 128 valence electrons. The van der Waals surface area contributed by atoms with Crippen LogP contribution in [0.5, 0.6) is 0 Å². The molecule has 0 bridgehead atoms. The van der Waals surface area contributed by atoms with Crippen LogP contribution in [0.2, 0.25) is 0 Å². The highest BCUT2D eigenvalue weighted by atomic mass is 32.2. The van der Waals surface area contributed by atoms with Crippen molar-refractivity contribution in [2.24, 2.45) is 0 Å². The molecule has 5 nitrogen and oxygen atoms in total. The van der Waals surface area contributed by atoms with Crippen molar-refractivity contribution in [3.63, 3.8) is 0 Å². The zero-order chi connectivity index (χ0) is 17.9. The standard InChI is InChI=1S/C18H22N2O3S/c1-13(2)20(17-8-6-5-7-9-17)24(22,23)18-12-16(19-15(4)21)11-10-14(18)3/h5-13H,1-4H3,(H,19,21). The third-order valence-electron chi connectivity index (χ3n) is 3.53. The monoisotopic (exact) mass is 346 g/mol. The number of aryl methyl sites for hydroxylation is 1. The average molecular weight is 346 g/mol. The predicted molar refractivity (Wildman–Crippen MR) is 96.7 cm³/mol. The van der Waals surface area contributed by atoms with Gasteiger partial charge in [-0.2, -0.15) is 0 Å². The van der Waals surface area contributed by atoms with E-state index in [9.17, 15) is 13.2 Å². The predicted octanol–water partition coefficient (Wildman–Crippen LogP) is 3.56. The fraction of sp³-hybridized carbons (Fsp3) is 0.278. The molecule has 0 unspecified atom stereocenters. The summed E-state index contributed by atoms with van der Waals surface area (Å²) in [7, 11) is -3.76. The molecule has 1 amide bonds. The van der Waals surface area contributed by atoms with E-state index in [4.69, 9.17) is 0 Å². The Hall–Kier alpha value is -2.34. The maximum Gasteiger partial charge on any atom is 0.264 e. The molecule has 6 heteroatoms. The van der Waals surface area contributed by atoms with Crippen LogP contribution in [0.4, 0.5) is 11.4 Å². The van der Waals surface area contributed by atoms with Gasteiger partial charge in [0.15, 0.2) is 0 Å². The van der Waals surface area contributed by atoms with Crippen LogP contribution < -0.4 is 9.62 Å². The first kappa shape index (κ1) is 18.0. The maximum absolute atomic E-state index is 13.2. The first-order valence-electron chi connectivity index (χ1n) is 7.71. The summed E-state index contributed by atoms with van der Waals surface area (Å²) in [5.41, 5.74) is 1.70. The van der Waals surface area contributed by atoms with Crippen LogP contribution in [0.3, 0.4) is 0 Å². The molecular weight excluding hydrogens is 324 g/mol. The normalized spacial score (nSPS) is 11.4. The third kappa shape index (κ3) is 3.76. The summed E-state index contributed by atoms with van der Waals surface area (Å²) in [4.78, 5) is 11.4. The number of hydrogen-bond donors (Lipinski definition) is 1. The Morgan fingerprint density at radius 3 is 2.25 bits per heavy atom. The summed E-state index contributed by atoms with van der Waals surface area (Å²) in [6.07, 6.45) is 0. The van der Waals surface area contributed by atoms with Crippen LogP contribution >= 0.6 is 0 Å². The Morgan fingerprint density at radius 2 is 1.71 bits per heavy atom. The molecule has 0 radical (unpaired) electrons. The van der Waals surface area contributed by atoms with E-state index in [1.54, 1.807) is 43.3 Å². The minimum atomic E-state index is -3.76. The van der Waals surface area contributed by atoms with Crippen molar-refractivity contribution in [3.8, 4) is 0 Å². The molecule has 2 rings (SSSR count). The number of amides is 1. The van der Waals surface area contributed by atoms with Gasteiger partial charge in [0, 0.05) is 18.7 Å². The number of rotatable bonds is 5. The molecular formula is C18H22N2O3S. The van der Waals surface area contributed by atoms with Gasteiger partial charge in [0.2, 0.25) is 5.91 Å². The number of nitrogens with one attached hydrogen (secondary N) is 1. The lowest BCUT2D eigenvalue weighted by molar-refractivity contribution is -0.114. The van der Waals surface area contributed by atoms with Crippen LogP contribution in [-0.4, -0.2) is 20.4 Å². The molecule has 0 saturated carbocycles. The molecule has 0 aliphatic carbocycles. The summed E-state index contributed by atoms with van der Waals surface area (Å²) in [5, 5.41) is 2.63. The number of carbonyl (C=O) groups excluding carboxylic acids is 1. The maximum atomic E-state index is 13.2. The molecule has 0 aliphatic heterocycles. The summed E-state index contributed by atoms with van der Waals surface area (Å²) in [6.45, 7) is 6.79. The molecule has 1 N–H and O–H groups in total. The Morgan fingerprint density at radius 1 is 1.08 bits per heavy atom. The zero-order valence-corrected chi connectivity index (χ0v) is 15.1. The lowest BCUT2D eigenvalue weighted by Gasteiger charge is -2.29. The Balaban J connectivity index is 2.57. The molecule has 0 aromatic heterocycles. The van der Waals surface area contributed by atoms with Crippen molar-refractivity contribution in [3.05, 3.63) is 54.1 Å². The Labute approximate surface area is 143 Å². The molecule has 0 saturated heterocycles. The van der Waals surface area contributed by atoms with Crippen LogP contribution in [0.1, 0.15) is 26.3 Å². The Bertz CT molecular complexity index is 831. The van der Waals surface area contributed by atoms with Gasteiger partial charge in [-0.1, -0.05) is 24.3 Å². The highest BCUT2D eigenvalue weighted by Crippen LogP contribution is 2.29. The van der Waals surface area contributed by atoms with E-state index in [0.717, 1.165) is 0 Å². The van der Waals surface area contributed by atoms with E-state index in [1.165, 1.54) is 17.3 Å². The molecule has 0 atom stereocenters. The van der Waals surface area contributed by atoms with Crippen LogP contribution in [0, 0.1) is 6.92 Å². The molecule has 0 aliphatic rings. The van der Waals surface area contributed by atoms with Gasteiger partial charge in [0.25, 0.3) is 10.0 Å². The number of sulfonamides is 1. The summed E-state index contributed by atoms with van der Waals surface area (Å²) in [6, 6.07) is 13.6. The van der Waals surface area contributed by atoms with E-state index in [1.807, 2.05) is 19.9 Å². The minimum Gasteiger partial charge on any atom is -0.326 e. The number of hydrogen-bond acceptors (Lipinski definition) is 3. The second-order valence-electron chi connectivity index (χ2n) is 5.89. The van der Waals surface area contributed by atoms with E-state index in [2.05, 4.69) is 5.32 Å². The van der Waals surface area contributed by atoms with Gasteiger partial charge in [-0.05, 0) is 50.6 Å². The van der Waals surface area contributed by atoms with Crippen LogP contribution in [-0.2, 0) is 14.8 Å². The van der Waals surface area contributed by atoms with Gasteiger partial charge in [-0.25, -0.2) is 8.42 Å². The van der Waals surface area contributed by atoms with Crippen LogP contribution in [0.25, 0.3) is 0 Å². The topological polar surface area (TPSA) is 66.5 Å². The van der Waals surface area contributed by atoms with Gasteiger partial charge in [0.05, 0.1) is 10.6 Å². The summed E-state index contributed by atoms with van der Waals surface area (Å²) < 4.78 is 27.9. The number of nitrogens with zero attached hydrogens (tertiary/aromatic N) is 1. The quantitative estimate of drug-likeness (QED) is 0.900. The first-order chi connectivity index (χ1) is 11.2. The van der Waals surface area contributed by atoms with Crippen molar-refractivity contribution in [2.75, 3.05) is 9.62 Å². The van der Waals surface area contributed by atoms with Crippen molar-refractivity contribution >= 4 is 27.3 Å². The number of anilines is 2. The molecule has 0 heterocycles. The average Bonchev–Trinajstić information content (AvgIpc) is 2.49. The zero-order valence-electron chi connectivity index (χ0n) is 14.3. The van der Waals surface area contributed by atoms with Crippen molar-refractivity contribution in [2.45, 2.75) is 38.6 Å². The van der Waals surface area contributed by atoms with Crippen molar-refractivity contribution in [1.82, 2.24) is 0 Å². The fourth-order valence-electron chi connectivity index (χ4n) is 2.55. The van der Waals surface area contributed by atoms with Gasteiger partial charge in [-0.15, -0.1) is 0 Å². The molecule has 0 fully saturated rings. The number of benzene rings is 2. The lowest BCUT2D eigenvalue weighted by Crippen LogP contribution is -2.37. The van der Waals surface area contributed by atoms with Crippen LogP contribution in [0.15, 0.2) is 53.4 Å². The highest BCUT2D eigenvalue weighted by Gasteiger charge is 2.29. The summed E-state index contributed by atoms with van der Waals surface area (Å²) >= 11 is 0. The number of para-hydroxylation sites is 1. The van der Waals surface area contributed by atoms with Crippen molar-refractivity contribution in [1.29, 1.82) is 0 Å². The van der Waals surface area contributed by atoms with Gasteiger partial charge in [0.1, 0.15) is 0 Å². The van der Waals surface area contributed by atoms with E-state index >= 15 is 0 Å². The van der Waals surface area contributed by atoms with E-state index < -0.39 is 10.0 Å². The third-order valence-corrected chi connectivity index (χ3v) is 5.67. The first-order valence-corrected chi connectivity index (χ1v) is 9.15. The molecule has 2 aromatic rings. The highest BCUT2D eigenvalue weighted by molar-refractivity contribution is 7.93. The molecule has 2 aromatic carbocycles. The van der Waals surface area contributed by atoms with E-state index in [-0.39, 0.29) is 16.8 Å². The lowest BCUT2D eigenvalue weighted by atomic mass is 10.2.